The van der Waals surface area contributed by atoms with Crippen molar-refractivity contribution >= 4 is 29.9 Å². The average Bonchev–Trinajstić information content (AvgIpc) is 2.40. The van der Waals surface area contributed by atoms with Crippen molar-refractivity contribution in [3.8, 4) is 0 Å². The van der Waals surface area contributed by atoms with Crippen molar-refractivity contribution < 1.29 is 14.0 Å². The molecule has 0 spiro atoms. The van der Waals surface area contributed by atoms with Crippen LogP contribution in [0.25, 0.3) is 0 Å². The van der Waals surface area contributed by atoms with Crippen LogP contribution in [0.15, 0.2) is 24.3 Å². The summed E-state index contributed by atoms with van der Waals surface area (Å²) < 4.78 is 13.8. The fraction of sp³-hybridized carbons (Fsp3) is 0.467. The Morgan fingerprint density at radius 3 is 2.68 bits per heavy atom. The minimum Gasteiger partial charge on any atom is -0.344 e. The van der Waals surface area contributed by atoms with Crippen LogP contribution in [0.5, 0.6) is 0 Å². The summed E-state index contributed by atoms with van der Waals surface area (Å²) in [4.78, 5) is 25.9. The maximum Gasteiger partial charge on any atom is 0.249 e. The van der Waals surface area contributed by atoms with Gasteiger partial charge in [-0.05, 0) is 25.0 Å². The number of carbonyl (C=O) groups is 2. The highest BCUT2D eigenvalue weighted by molar-refractivity contribution is 6.00. The van der Waals surface area contributed by atoms with Crippen LogP contribution in [0.1, 0.15) is 12.8 Å². The molecule has 2 N–H and O–H groups in total. The summed E-state index contributed by atoms with van der Waals surface area (Å²) in [5, 5.41) is 5.82. The Morgan fingerprint density at radius 1 is 1.32 bits per heavy atom. The third kappa shape index (κ3) is 3.23. The molecule has 5 nitrogen and oxygen atoms in total. The van der Waals surface area contributed by atoms with Gasteiger partial charge in [0.2, 0.25) is 11.8 Å². The Bertz CT molecular complexity index is 565. The van der Waals surface area contributed by atoms with Crippen molar-refractivity contribution in [2.45, 2.75) is 18.9 Å². The van der Waals surface area contributed by atoms with E-state index in [9.17, 15) is 14.0 Å². The van der Waals surface area contributed by atoms with E-state index in [2.05, 4.69) is 10.6 Å². The van der Waals surface area contributed by atoms with Gasteiger partial charge in [-0.25, -0.2) is 4.39 Å². The van der Waals surface area contributed by atoms with E-state index >= 15 is 0 Å². The molecule has 2 fully saturated rings. The lowest BCUT2D eigenvalue weighted by Gasteiger charge is -2.34. The smallest absolute Gasteiger partial charge is 0.249 e. The van der Waals surface area contributed by atoms with Gasteiger partial charge in [0.05, 0.1) is 11.6 Å². The molecule has 3 rings (SSSR count). The minimum atomic E-state index is -0.550. The van der Waals surface area contributed by atoms with Crippen molar-refractivity contribution in [1.29, 1.82) is 0 Å². The van der Waals surface area contributed by atoms with E-state index in [0.717, 1.165) is 6.42 Å². The number of carbonyl (C=O) groups excluding carboxylic acids is 2. The van der Waals surface area contributed by atoms with Gasteiger partial charge in [0.15, 0.2) is 0 Å². The summed E-state index contributed by atoms with van der Waals surface area (Å²) in [6, 6.07) is 5.67. The number of piperidine rings is 1. The zero-order chi connectivity index (χ0) is 14.8. The molecule has 0 bridgehead atoms. The minimum absolute atomic E-state index is 0. The first-order valence-electron chi connectivity index (χ1n) is 7.24. The van der Waals surface area contributed by atoms with Gasteiger partial charge in [-0.3, -0.25) is 9.59 Å². The number of para-hydroxylation sites is 1. The largest absolute Gasteiger partial charge is 0.344 e. The number of anilines is 1. The van der Waals surface area contributed by atoms with Crippen LogP contribution in [-0.4, -0.2) is 37.5 Å². The van der Waals surface area contributed by atoms with Gasteiger partial charge < -0.3 is 15.5 Å². The van der Waals surface area contributed by atoms with E-state index in [1.807, 2.05) is 0 Å². The predicted molar refractivity (Wildman–Crippen MR) is 83.5 cm³/mol. The normalized spacial score (nSPS) is 21.8. The molecular weight excluding hydrogens is 309 g/mol. The molecular formula is C15H19ClFN3O2. The number of rotatable bonds is 3. The second-order valence-electron chi connectivity index (χ2n) is 5.50. The molecule has 2 amide bonds. The Balaban J connectivity index is 0.00000176. The SMILES string of the molecule is Cl.O=C(NC1CCCN(c2ccccc2F)C1=O)C1CNC1. The molecule has 0 aromatic heterocycles. The Morgan fingerprint density at radius 2 is 2.05 bits per heavy atom. The fourth-order valence-electron chi connectivity index (χ4n) is 2.68. The topological polar surface area (TPSA) is 61.4 Å². The number of hydrogen-bond acceptors (Lipinski definition) is 3. The third-order valence-electron chi connectivity index (χ3n) is 4.05. The van der Waals surface area contributed by atoms with E-state index in [1.165, 1.54) is 11.0 Å². The van der Waals surface area contributed by atoms with Crippen LogP contribution in [0.3, 0.4) is 0 Å². The molecule has 120 valence electrons. The Kier molecular flexibility index (Phi) is 5.37. The molecule has 2 saturated heterocycles. The standard InChI is InChI=1S/C15H18FN3O2.ClH/c16-11-4-1-2-6-13(11)19-7-3-5-12(15(19)21)18-14(20)10-8-17-9-10;/h1-2,4,6,10,12,17H,3,5,7-9H2,(H,18,20);1H. The van der Waals surface area contributed by atoms with E-state index in [4.69, 9.17) is 0 Å². The fourth-order valence-corrected chi connectivity index (χ4v) is 2.68. The van der Waals surface area contributed by atoms with E-state index in [-0.39, 0.29) is 35.8 Å². The van der Waals surface area contributed by atoms with Gasteiger partial charge in [-0.1, -0.05) is 12.1 Å². The molecule has 1 atom stereocenters. The van der Waals surface area contributed by atoms with Crippen molar-refractivity contribution in [3.63, 3.8) is 0 Å². The number of nitrogens with zero attached hydrogens (tertiary/aromatic N) is 1. The maximum absolute atomic E-state index is 13.8. The predicted octanol–water partition coefficient (Wildman–Crippen LogP) is 1.08. The average molecular weight is 328 g/mol. The number of benzene rings is 1. The third-order valence-corrected chi connectivity index (χ3v) is 4.05. The van der Waals surface area contributed by atoms with Crippen LogP contribution in [-0.2, 0) is 9.59 Å². The highest BCUT2D eigenvalue weighted by atomic mass is 35.5. The van der Waals surface area contributed by atoms with E-state index < -0.39 is 11.9 Å². The second-order valence-corrected chi connectivity index (χ2v) is 5.50. The lowest BCUT2D eigenvalue weighted by atomic mass is 9.99. The number of nitrogens with one attached hydrogen (secondary N) is 2. The van der Waals surface area contributed by atoms with Crippen molar-refractivity contribution in [1.82, 2.24) is 10.6 Å². The molecule has 2 aliphatic rings. The Labute approximate surface area is 134 Å². The van der Waals surface area contributed by atoms with Crippen LogP contribution in [0.2, 0.25) is 0 Å². The van der Waals surface area contributed by atoms with Crippen molar-refractivity contribution in [2.24, 2.45) is 5.92 Å². The van der Waals surface area contributed by atoms with Crippen LogP contribution in [0.4, 0.5) is 10.1 Å². The lowest BCUT2D eigenvalue weighted by molar-refractivity contribution is -0.131. The Hall–Kier alpha value is -1.66. The molecule has 1 aromatic carbocycles. The molecule has 7 heteroatoms. The summed E-state index contributed by atoms with van der Waals surface area (Å²) in [5.74, 6) is -0.794. The number of amides is 2. The van der Waals surface area contributed by atoms with Crippen LogP contribution >= 0.6 is 12.4 Å². The zero-order valence-electron chi connectivity index (χ0n) is 12.0. The monoisotopic (exact) mass is 327 g/mol. The molecule has 2 heterocycles. The molecule has 22 heavy (non-hydrogen) atoms. The van der Waals surface area contributed by atoms with Crippen molar-refractivity contribution in [2.75, 3.05) is 24.5 Å². The summed E-state index contributed by atoms with van der Waals surface area (Å²) in [7, 11) is 0. The number of halogens is 2. The molecule has 1 aromatic rings. The number of hydrogen-bond donors (Lipinski definition) is 2. The van der Waals surface area contributed by atoms with Gasteiger partial charge >= 0.3 is 0 Å². The first-order chi connectivity index (χ1) is 10.2. The maximum atomic E-state index is 13.8. The highest BCUT2D eigenvalue weighted by Gasteiger charge is 2.34. The van der Waals surface area contributed by atoms with Gasteiger partial charge in [0.1, 0.15) is 11.9 Å². The summed E-state index contributed by atoms with van der Waals surface area (Å²) in [6.45, 7) is 1.80. The molecule has 0 saturated carbocycles. The molecule has 0 aliphatic carbocycles. The quantitative estimate of drug-likeness (QED) is 0.873. The van der Waals surface area contributed by atoms with Gasteiger partial charge in [-0.2, -0.15) is 0 Å². The van der Waals surface area contributed by atoms with E-state index in [0.29, 0.717) is 26.1 Å². The lowest BCUT2D eigenvalue weighted by Crippen LogP contribution is -2.57. The molecule has 2 aliphatic heterocycles. The van der Waals surface area contributed by atoms with E-state index in [1.54, 1.807) is 18.2 Å². The molecule has 0 radical (unpaired) electrons. The highest BCUT2D eigenvalue weighted by Crippen LogP contribution is 2.24. The van der Waals surface area contributed by atoms with Crippen LogP contribution < -0.4 is 15.5 Å². The first-order valence-corrected chi connectivity index (χ1v) is 7.24. The summed E-state index contributed by atoms with van der Waals surface area (Å²) in [6.07, 6.45) is 1.35. The molecule has 1 unspecified atom stereocenters. The summed E-state index contributed by atoms with van der Waals surface area (Å²) in [5.41, 5.74) is 0.284. The first kappa shape index (κ1) is 16.7. The van der Waals surface area contributed by atoms with Gasteiger partial charge in [-0.15, -0.1) is 12.4 Å². The van der Waals surface area contributed by atoms with Gasteiger partial charge in [0, 0.05) is 19.6 Å². The van der Waals surface area contributed by atoms with Crippen molar-refractivity contribution in [3.05, 3.63) is 30.1 Å². The zero-order valence-corrected chi connectivity index (χ0v) is 12.9. The van der Waals surface area contributed by atoms with Gasteiger partial charge in [0.25, 0.3) is 0 Å². The summed E-state index contributed by atoms with van der Waals surface area (Å²) >= 11 is 0. The second kappa shape index (κ2) is 7.07. The van der Waals surface area contributed by atoms with Crippen LogP contribution in [0, 0.1) is 11.7 Å².